The van der Waals surface area contributed by atoms with Gasteiger partial charge in [-0.2, -0.15) is 0 Å². The summed E-state index contributed by atoms with van der Waals surface area (Å²) >= 11 is 0. The van der Waals surface area contributed by atoms with Crippen LogP contribution in [0.15, 0.2) is 170 Å². The van der Waals surface area contributed by atoms with Crippen LogP contribution in [0.4, 0.5) is 11.4 Å². The van der Waals surface area contributed by atoms with Crippen molar-refractivity contribution in [3.8, 4) is 11.1 Å². The third kappa shape index (κ3) is 3.66. The van der Waals surface area contributed by atoms with Crippen LogP contribution in [-0.2, 0) is 5.41 Å². The second kappa shape index (κ2) is 9.69. The summed E-state index contributed by atoms with van der Waals surface area (Å²) in [7, 11) is 0. The predicted molar refractivity (Wildman–Crippen MR) is 186 cm³/mol. The van der Waals surface area contributed by atoms with Crippen molar-refractivity contribution in [1.82, 2.24) is 0 Å². The van der Waals surface area contributed by atoms with Gasteiger partial charge in [-0.15, -0.1) is 0 Å². The molecule has 0 unspecified atom stereocenters. The lowest BCUT2D eigenvalue weighted by Crippen LogP contribution is -2.29. The molecule has 0 heterocycles. The fourth-order valence-electron chi connectivity index (χ4n) is 7.51. The first-order valence-electron chi connectivity index (χ1n) is 15.3. The van der Waals surface area contributed by atoms with Gasteiger partial charge in [0, 0.05) is 11.4 Å². The van der Waals surface area contributed by atoms with E-state index in [0.29, 0.717) is 0 Å². The number of rotatable bonds is 4. The van der Waals surface area contributed by atoms with Crippen LogP contribution >= 0.6 is 0 Å². The van der Waals surface area contributed by atoms with Gasteiger partial charge in [-0.3, -0.25) is 0 Å². The molecule has 0 amide bonds. The van der Waals surface area contributed by atoms with E-state index in [0.717, 1.165) is 11.4 Å². The molecular formula is C43H29N. The van der Waals surface area contributed by atoms with Crippen molar-refractivity contribution >= 4 is 43.7 Å². The van der Waals surface area contributed by atoms with Gasteiger partial charge in [0.05, 0.1) is 5.41 Å². The van der Waals surface area contributed by atoms with E-state index < -0.39 is 5.41 Å². The molecule has 0 aromatic heterocycles. The van der Waals surface area contributed by atoms with E-state index in [1.54, 1.807) is 0 Å². The molecule has 0 aliphatic heterocycles. The molecule has 0 saturated carbocycles. The molecule has 44 heavy (non-hydrogen) atoms. The molecule has 0 bridgehead atoms. The smallest absolute Gasteiger partial charge is 0.0733 e. The Bertz CT molecular complexity index is 2340. The number of hydrogen-bond donors (Lipinski definition) is 1. The second-order valence-electron chi connectivity index (χ2n) is 11.8. The van der Waals surface area contributed by atoms with Crippen molar-refractivity contribution in [2.24, 2.45) is 0 Å². The second-order valence-corrected chi connectivity index (χ2v) is 11.8. The molecule has 0 spiro atoms. The predicted octanol–water partition coefficient (Wildman–Crippen LogP) is 11.3. The first-order valence-corrected chi connectivity index (χ1v) is 15.3. The number of anilines is 2. The van der Waals surface area contributed by atoms with Gasteiger partial charge in [-0.25, -0.2) is 0 Å². The van der Waals surface area contributed by atoms with Crippen molar-refractivity contribution in [2.45, 2.75) is 5.41 Å². The van der Waals surface area contributed by atoms with Gasteiger partial charge in [0.25, 0.3) is 0 Å². The number of para-hydroxylation sites is 1. The minimum Gasteiger partial charge on any atom is -0.355 e. The Morgan fingerprint density at radius 3 is 1.55 bits per heavy atom. The van der Waals surface area contributed by atoms with Gasteiger partial charge in [0.2, 0.25) is 0 Å². The maximum Gasteiger partial charge on any atom is 0.0733 e. The summed E-state index contributed by atoms with van der Waals surface area (Å²) in [4.78, 5) is 0. The van der Waals surface area contributed by atoms with E-state index in [1.165, 1.54) is 65.7 Å². The van der Waals surface area contributed by atoms with Gasteiger partial charge >= 0.3 is 0 Å². The fraction of sp³-hybridized carbons (Fsp3) is 0.0233. The van der Waals surface area contributed by atoms with E-state index in [4.69, 9.17) is 0 Å². The van der Waals surface area contributed by atoms with Gasteiger partial charge in [0.1, 0.15) is 0 Å². The molecule has 0 radical (unpaired) electrons. The van der Waals surface area contributed by atoms with E-state index in [9.17, 15) is 0 Å². The Balaban J connectivity index is 1.29. The number of hydrogen-bond acceptors (Lipinski definition) is 1. The average molecular weight is 560 g/mol. The van der Waals surface area contributed by atoms with Crippen molar-refractivity contribution in [2.75, 3.05) is 5.32 Å². The van der Waals surface area contributed by atoms with Crippen molar-refractivity contribution in [3.05, 3.63) is 192 Å². The molecule has 0 fully saturated rings. The zero-order chi connectivity index (χ0) is 29.1. The maximum absolute atomic E-state index is 3.88. The van der Waals surface area contributed by atoms with E-state index >= 15 is 0 Å². The molecule has 8 aromatic rings. The Hall–Kier alpha value is -5.66. The molecule has 1 heteroatoms. The highest BCUT2D eigenvalue weighted by molar-refractivity contribution is 6.00. The molecule has 1 aliphatic rings. The zero-order valence-corrected chi connectivity index (χ0v) is 24.2. The average Bonchev–Trinajstić information content (AvgIpc) is 3.38. The number of fused-ring (bicyclic) bond motifs is 6. The van der Waals surface area contributed by atoms with Crippen LogP contribution in [0.5, 0.6) is 0 Å². The normalized spacial score (nSPS) is 13.2. The molecule has 8 aromatic carbocycles. The minimum atomic E-state index is -0.492. The first-order chi connectivity index (χ1) is 21.8. The minimum absolute atomic E-state index is 0.492. The van der Waals surface area contributed by atoms with Crippen molar-refractivity contribution < 1.29 is 0 Å². The summed E-state index contributed by atoms with van der Waals surface area (Å²) in [6.07, 6.45) is 0. The van der Waals surface area contributed by atoms with Crippen LogP contribution in [0.2, 0.25) is 0 Å². The third-order valence-corrected chi connectivity index (χ3v) is 9.45. The van der Waals surface area contributed by atoms with Gasteiger partial charge in [-0.05, 0) is 102 Å². The quantitative estimate of drug-likeness (QED) is 0.212. The Morgan fingerprint density at radius 2 is 0.841 bits per heavy atom. The van der Waals surface area contributed by atoms with Crippen molar-refractivity contribution in [1.29, 1.82) is 0 Å². The third-order valence-electron chi connectivity index (χ3n) is 9.45. The molecule has 0 saturated heterocycles. The Kier molecular flexibility index (Phi) is 5.48. The maximum atomic E-state index is 3.88. The molecule has 0 atom stereocenters. The summed E-state index contributed by atoms with van der Waals surface area (Å²) < 4.78 is 0. The molecule has 1 N–H and O–H groups in total. The van der Waals surface area contributed by atoms with E-state index in [2.05, 4.69) is 175 Å². The molecule has 1 nitrogen and oxygen atoms in total. The van der Waals surface area contributed by atoms with Crippen LogP contribution in [0.25, 0.3) is 43.4 Å². The van der Waals surface area contributed by atoms with Crippen molar-refractivity contribution in [3.63, 3.8) is 0 Å². The zero-order valence-electron chi connectivity index (χ0n) is 24.2. The standard InChI is InChI=1S/C43H29N/c1-2-14-32-27-35(23-21-29(32)11-1)43(39-17-7-5-15-37(39)38-16-6-8-18-40(38)43)41-19-9-10-20-42(41)44-36-24-22-33-25-30-12-3-4-13-31(30)26-34(33)28-36/h1-28,44H. The highest BCUT2D eigenvalue weighted by atomic mass is 14.9. The largest absolute Gasteiger partial charge is 0.355 e. The van der Waals surface area contributed by atoms with Crippen LogP contribution < -0.4 is 5.32 Å². The van der Waals surface area contributed by atoms with E-state index in [1.807, 2.05) is 0 Å². The molecular weight excluding hydrogens is 530 g/mol. The van der Waals surface area contributed by atoms with Crippen LogP contribution in [0.1, 0.15) is 22.3 Å². The summed E-state index contributed by atoms with van der Waals surface area (Å²) in [5.41, 5.74) is 9.42. The van der Waals surface area contributed by atoms with Gasteiger partial charge in [-0.1, -0.05) is 133 Å². The molecule has 9 rings (SSSR count). The van der Waals surface area contributed by atoms with Crippen LogP contribution in [0.3, 0.4) is 0 Å². The summed E-state index contributed by atoms with van der Waals surface area (Å²) in [6.45, 7) is 0. The lowest BCUT2D eigenvalue weighted by molar-refractivity contribution is 0.772. The summed E-state index contributed by atoms with van der Waals surface area (Å²) in [6, 6.07) is 62.3. The number of nitrogens with one attached hydrogen (secondary N) is 1. The summed E-state index contributed by atoms with van der Waals surface area (Å²) in [5, 5.41) is 11.4. The molecule has 206 valence electrons. The Morgan fingerprint density at radius 1 is 0.341 bits per heavy atom. The fourth-order valence-corrected chi connectivity index (χ4v) is 7.51. The molecule has 1 aliphatic carbocycles. The highest BCUT2D eigenvalue weighted by Crippen LogP contribution is 2.57. The van der Waals surface area contributed by atoms with Crippen LogP contribution in [-0.4, -0.2) is 0 Å². The SMILES string of the molecule is c1ccc(C2(c3ccc4ccccc4c3)c3ccccc3-c3ccccc32)c(Nc2ccc3cc4ccccc4cc3c2)c1. The van der Waals surface area contributed by atoms with Crippen LogP contribution in [0, 0.1) is 0 Å². The van der Waals surface area contributed by atoms with E-state index in [-0.39, 0.29) is 0 Å². The van der Waals surface area contributed by atoms with Gasteiger partial charge < -0.3 is 5.32 Å². The number of benzene rings is 8. The monoisotopic (exact) mass is 559 g/mol. The summed E-state index contributed by atoms with van der Waals surface area (Å²) in [5.74, 6) is 0. The topological polar surface area (TPSA) is 12.0 Å². The first kappa shape index (κ1) is 24.9. The highest BCUT2D eigenvalue weighted by Gasteiger charge is 2.47. The Labute approximate surface area is 257 Å². The lowest BCUT2D eigenvalue weighted by Gasteiger charge is -2.35. The lowest BCUT2D eigenvalue weighted by atomic mass is 9.67. The van der Waals surface area contributed by atoms with Gasteiger partial charge in [0.15, 0.2) is 0 Å².